The largest absolute Gasteiger partial charge is 0.379 e. The average Bonchev–Trinajstić information content (AvgIpc) is 3.45. The number of carbonyl (C=O) groups excluding carboxylic acids is 2. The van der Waals surface area contributed by atoms with Gasteiger partial charge in [0.2, 0.25) is 15.9 Å². The molecule has 2 aliphatic rings. The van der Waals surface area contributed by atoms with Crippen LogP contribution in [0.2, 0.25) is 5.02 Å². The molecule has 8 nitrogen and oxygen atoms in total. The van der Waals surface area contributed by atoms with Gasteiger partial charge in [-0.1, -0.05) is 11.6 Å². The van der Waals surface area contributed by atoms with Crippen molar-refractivity contribution in [2.75, 3.05) is 26.3 Å². The van der Waals surface area contributed by atoms with Gasteiger partial charge in [-0.2, -0.15) is 4.31 Å². The highest BCUT2D eigenvalue weighted by Gasteiger charge is 2.31. The molecule has 0 bridgehead atoms. The van der Waals surface area contributed by atoms with E-state index < -0.39 is 15.9 Å². The summed E-state index contributed by atoms with van der Waals surface area (Å²) < 4.78 is 31.9. The minimum absolute atomic E-state index is 0.0325. The Labute approximate surface area is 150 Å². The van der Waals surface area contributed by atoms with Crippen molar-refractivity contribution in [3.63, 3.8) is 0 Å². The van der Waals surface area contributed by atoms with Crippen molar-refractivity contribution in [1.29, 1.82) is 0 Å². The first-order valence-electron chi connectivity index (χ1n) is 7.87. The quantitative estimate of drug-likeness (QED) is 0.733. The van der Waals surface area contributed by atoms with Crippen LogP contribution < -0.4 is 10.9 Å². The van der Waals surface area contributed by atoms with E-state index in [1.165, 1.54) is 22.5 Å². The van der Waals surface area contributed by atoms with Crippen molar-refractivity contribution in [3.05, 3.63) is 28.8 Å². The number of halogens is 1. The van der Waals surface area contributed by atoms with E-state index in [9.17, 15) is 18.0 Å². The Morgan fingerprint density at radius 1 is 1.16 bits per heavy atom. The molecule has 1 saturated carbocycles. The monoisotopic (exact) mass is 387 g/mol. The Morgan fingerprint density at radius 2 is 1.84 bits per heavy atom. The number of benzene rings is 1. The van der Waals surface area contributed by atoms with Crippen LogP contribution in [0.15, 0.2) is 23.1 Å². The molecule has 1 aliphatic heterocycles. The van der Waals surface area contributed by atoms with Gasteiger partial charge >= 0.3 is 0 Å². The lowest BCUT2D eigenvalue weighted by molar-refractivity contribution is -0.123. The summed E-state index contributed by atoms with van der Waals surface area (Å²) in [5.74, 6) is -0.907. The summed E-state index contributed by atoms with van der Waals surface area (Å²) >= 11 is 6.04. The molecule has 0 radical (unpaired) electrons. The molecule has 0 aromatic heterocycles. The third kappa shape index (κ3) is 4.12. The topological polar surface area (TPSA) is 105 Å². The van der Waals surface area contributed by atoms with Crippen LogP contribution in [0.25, 0.3) is 0 Å². The van der Waals surface area contributed by atoms with Crippen LogP contribution in [0.5, 0.6) is 0 Å². The third-order valence-corrected chi connectivity index (χ3v) is 6.41. The number of rotatable bonds is 4. The molecule has 1 saturated heterocycles. The molecule has 1 aromatic rings. The predicted molar refractivity (Wildman–Crippen MR) is 89.4 cm³/mol. The SMILES string of the molecule is O=C(NNC(=O)C1CC1)c1ccc(Cl)c(S(=O)(=O)N2CCOCC2)c1. The molecule has 0 spiro atoms. The van der Waals surface area contributed by atoms with Crippen LogP contribution in [0.3, 0.4) is 0 Å². The molecule has 0 atom stereocenters. The molecule has 10 heteroatoms. The van der Waals surface area contributed by atoms with E-state index >= 15 is 0 Å². The Morgan fingerprint density at radius 3 is 2.48 bits per heavy atom. The molecule has 1 aromatic carbocycles. The molecular formula is C15H18ClN3O5S. The van der Waals surface area contributed by atoms with Gasteiger partial charge in [-0.3, -0.25) is 20.4 Å². The molecule has 136 valence electrons. The van der Waals surface area contributed by atoms with Crippen LogP contribution in [-0.2, 0) is 19.6 Å². The van der Waals surface area contributed by atoms with Gasteiger partial charge in [0.25, 0.3) is 5.91 Å². The highest BCUT2D eigenvalue weighted by molar-refractivity contribution is 7.89. The normalized spacial score (nSPS) is 18.6. The number of morpholine rings is 1. The summed E-state index contributed by atoms with van der Waals surface area (Å²) in [6.45, 7) is 1.08. The fourth-order valence-electron chi connectivity index (χ4n) is 2.41. The van der Waals surface area contributed by atoms with E-state index in [1.54, 1.807) is 0 Å². The second kappa shape index (κ2) is 7.28. The van der Waals surface area contributed by atoms with Crippen molar-refractivity contribution < 1.29 is 22.7 Å². The third-order valence-electron chi connectivity index (χ3n) is 4.03. The molecular weight excluding hydrogens is 370 g/mol. The van der Waals surface area contributed by atoms with Crippen molar-refractivity contribution >= 4 is 33.4 Å². The lowest BCUT2D eigenvalue weighted by Crippen LogP contribution is -2.42. The Balaban J connectivity index is 1.77. The van der Waals surface area contributed by atoms with Crippen molar-refractivity contribution in [2.24, 2.45) is 5.92 Å². The average molecular weight is 388 g/mol. The lowest BCUT2D eigenvalue weighted by Gasteiger charge is -2.26. The number of sulfonamides is 1. The summed E-state index contributed by atoms with van der Waals surface area (Å²) in [5, 5.41) is 0.0325. The zero-order valence-electron chi connectivity index (χ0n) is 13.3. The van der Waals surface area contributed by atoms with Gasteiger partial charge in [0.1, 0.15) is 4.90 Å². The molecule has 2 N–H and O–H groups in total. The van der Waals surface area contributed by atoms with Crippen molar-refractivity contribution in [1.82, 2.24) is 15.2 Å². The van der Waals surface area contributed by atoms with Crippen LogP contribution >= 0.6 is 11.6 Å². The van der Waals surface area contributed by atoms with Gasteiger partial charge in [-0.25, -0.2) is 8.42 Å². The Bertz CT molecular complexity index is 788. The molecule has 2 fully saturated rings. The first-order chi connectivity index (χ1) is 11.9. The minimum atomic E-state index is -3.83. The Kier molecular flexibility index (Phi) is 5.28. The number of hydrogen-bond donors (Lipinski definition) is 2. The maximum atomic E-state index is 12.7. The number of hydrogen-bond acceptors (Lipinski definition) is 5. The number of carbonyl (C=O) groups is 2. The van der Waals surface area contributed by atoms with Crippen LogP contribution in [-0.4, -0.2) is 50.8 Å². The summed E-state index contributed by atoms with van der Waals surface area (Å²) in [7, 11) is -3.83. The molecule has 1 heterocycles. The maximum Gasteiger partial charge on any atom is 0.269 e. The van der Waals surface area contributed by atoms with Gasteiger partial charge in [-0.05, 0) is 31.0 Å². The summed E-state index contributed by atoms with van der Waals surface area (Å²) in [5.41, 5.74) is 4.71. The molecule has 0 unspecified atom stereocenters. The number of nitrogens with zero attached hydrogens (tertiary/aromatic N) is 1. The first-order valence-corrected chi connectivity index (χ1v) is 9.69. The minimum Gasteiger partial charge on any atom is -0.379 e. The smallest absolute Gasteiger partial charge is 0.269 e. The fraction of sp³-hybridized carbons (Fsp3) is 0.467. The predicted octanol–water partition coefficient (Wildman–Crippen LogP) is 0.532. The zero-order chi connectivity index (χ0) is 18.0. The molecule has 3 rings (SSSR count). The highest BCUT2D eigenvalue weighted by atomic mass is 35.5. The summed E-state index contributed by atoms with van der Waals surface area (Å²) in [4.78, 5) is 23.6. The van der Waals surface area contributed by atoms with Gasteiger partial charge in [0, 0.05) is 24.6 Å². The van der Waals surface area contributed by atoms with Gasteiger partial charge in [-0.15, -0.1) is 0 Å². The highest BCUT2D eigenvalue weighted by Crippen LogP contribution is 2.28. The molecule has 2 amide bonds. The van der Waals surface area contributed by atoms with Gasteiger partial charge in [0.15, 0.2) is 0 Å². The lowest BCUT2D eigenvalue weighted by atomic mass is 10.2. The van der Waals surface area contributed by atoms with Gasteiger partial charge < -0.3 is 4.74 Å². The second-order valence-electron chi connectivity index (χ2n) is 5.88. The van der Waals surface area contributed by atoms with E-state index in [2.05, 4.69) is 10.9 Å². The van der Waals surface area contributed by atoms with E-state index in [4.69, 9.17) is 16.3 Å². The first kappa shape index (κ1) is 18.1. The number of nitrogens with one attached hydrogen (secondary N) is 2. The summed E-state index contributed by atoms with van der Waals surface area (Å²) in [6, 6.07) is 3.97. The van der Waals surface area contributed by atoms with Crippen LogP contribution in [0, 0.1) is 5.92 Å². The summed E-state index contributed by atoms with van der Waals surface area (Å²) in [6.07, 6.45) is 1.62. The van der Waals surface area contributed by atoms with E-state index in [-0.39, 0.29) is 40.4 Å². The van der Waals surface area contributed by atoms with E-state index in [1.807, 2.05) is 0 Å². The van der Waals surface area contributed by atoms with Crippen molar-refractivity contribution in [2.45, 2.75) is 17.7 Å². The zero-order valence-corrected chi connectivity index (χ0v) is 14.9. The maximum absolute atomic E-state index is 12.7. The van der Waals surface area contributed by atoms with Crippen LogP contribution in [0.4, 0.5) is 0 Å². The number of ether oxygens (including phenoxy) is 1. The standard InChI is InChI=1S/C15H18ClN3O5S/c16-12-4-3-11(15(21)18-17-14(20)10-1-2-10)9-13(12)25(22,23)19-5-7-24-8-6-19/h3-4,9-10H,1-2,5-8H2,(H,17,20)(H,18,21). The van der Waals surface area contributed by atoms with Crippen LogP contribution in [0.1, 0.15) is 23.2 Å². The van der Waals surface area contributed by atoms with E-state index in [0.29, 0.717) is 13.2 Å². The number of amides is 2. The second-order valence-corrected chi connectivity index (χ2v) is 8.19. The van der Waals surface area contributed by atoms with Gasteiger partial charge in [0.05, 0.1) is 18.2 Å². The van der Waals surface area contributed by atoms with Crippen molar-refractivity contribution in [3.8, 4) is 0 Å². The number of hydrazine groups is 1. The Hall–Kier alpha value is -1.68. The fourth-order valence-corrected chi connectivity index (χ4v) is 4.31. The van der Waals surface area contributed by atoms with E-state index in [0.717, 1.165) is 12.8 Å². The molecule has 25 heavy (non-hydrogen) atoms. The molecule has 1 aliphatic carbocycles.